The number of nitrogens with zero attached hydrogens (tertiary/aromatic N) is 8. The quantitative estimate of drug-likeness (QED) is 0.164. The molecule has 12 nitrogen and oxygen atoms in total. The number of carbonyl (C=O) groups excluding carboxylic acids is 4. The van der Waals surface area contributed by atoms with Gasteiger partial charge >= 0.3 is 48.8 Å². The molecule has 0 unspecified atom stereocenters. The topological polar surface area (TPSA) is 94.2 Å². The van der Waals surface area contributed by atoms with Crippen LogP contribution in [-0.2, 0) is 22.2 Å². The van der Waals surface area contributed by atoms with Gasteiger partial charge in [-0.25, -0.2) is 19.2 Å². The average molecular weight is 1170 g/mol. The van der Waals surface area contributed by atoms with Crippen LogP contribution in [0.1, 0.15) is 113 Å². The van der Waals surface area contributed by atoms with Crippen LogP contribution >= 0.6 is 0 Å². The maximum absolute atomic E-state index is 13.3. The molecule has 4 heterocycles. The van der Waals surface area contributed by atoms with Gasteiger partial charge < -0.3 is 19.6 Å². The van der Waals surface area contributed by atoms with Gasteiger partial charge in [0.1, 0.15) is 0 Å². The van der Waals surface area contributed by atoms with Crippen molar-refractivity contribution in [2.24, 2.45) is 0 Å². The number of fused-ring (bicyclic) bond motifs is 4. The van der Waals surface area contributed by atoms with Gasteiger partial charge in [0.25, 0.3) is 0 Å². The summed E-state index contributed by atoms with van der Waals surface area (Å²) in [7, 11) is 10.5. The smallest absolute Gasteiger partial charge is 0.309 e. The van der Waals surface area contributed by atoms with Gasteiger partial charge in [0.2, 0.25) is 0 Å². The van der Waals surface area contributed by atoms with Gasteiger partial charge in [-0.2, -0.15) is 52.7 Å². The molecule has 4 aliphatic heterocycles. The predicted molar refractivity (Wildman–Crippen MR) is 298 cm³/mol. The van der Waals surface area contributed by atoms with E-state index in [1.807, 2.05) is 55.4 Å². The van der Waals surface area contributed by atoms with Crippen molar-refractivity contribution in [3.63, 3.8) is 0 Å². The van der Waals surface area contributed by atoms with Crippen molar-refractivity contribution in [3.8, 4) is 0 Å². The van der Waals surface area contributed by atoms with Crippen molar-refractivity contribution in [2.45, 2.75) is 137 Å². The summed E-state index contributed by atoms with van der Waals surface area (Å²) in [5.74, 6) is 0. The first-order chi connectivity index (χ1) is 36.8. The van der Waals surface area contributed by atoms with Crippen molar-refractivity contribution in [2.75, 3.05) is 76.0 Å². The zero-order valence-electron chi connectivity index (χ0n) is 49.0. The summed E-state index contributed by atoms with van der Waals surface area (Å²) in [6.45, 7) is 20.1. The van der Waals surface area contributed by atoms with Gasteiger partial charge in [-0.1, -0.05) is 136 Å². The van der Waals surface area contributed by atoms with E-state index in [0.717, 1.165) is 47.3 Å². The van der Waals surface area contributed by atoms with Crippen molar-refractivity contribution >= 4 is 46.9 Å². The standard InChI is InChI=1S/4C12H13F3N2O.4C2H6.CH4/c4*1-11(12(13,14)15)8-6-4-5-7-9(8)16(2)10(18)17(11)3;4*1-2;/h4*4-7H,1-3H3;4*1-2H3;1H4/t4*11-;;;;;/m0000...../s1. The molecule has 0 N–H and O–H groups in total. The van der Waals surface area contributed by atoms with E-state index in [2.05, 4.69) is 0 Å². The highest BCUT2D eigenvalue weighted by Gasteiger charge is 2.63. The van der Waals surface area contributed by atoms with Gasteiger partial charge in [-0.3, -0.25) is 19.6 Å². The lowest BCUT2D eigenvalue weighted by Crippen LogP contribution is -2.61. The van der Waals surface area contributed by atoms with Crippen LogP contribution in [0, 0.1) is 0 Å². The van der Waals surface area contributed by atoms with E-state index in [4.69, 9.17) is 0 Å². The molecule has 0 aliphatic carbocycles. The molecule has 4 aromatic rings. The first-order valence-corrected chi connectivity index (χ1v) is 25.5. The summed E-state index contributed by atoms with van der Waals surface area (Å²) >= 11 is 0. The second-order valence-electron chi connectivity index (χ2n) is 18.0. The van der Waals surface area contributed by atoms with Crippen LogP contribution in [0.25, 0.3) is 0 Å². The fraction of sp³-hybridized carbons (Fsp3) is 0.509. The van der Waals surface area contributed by atoms with Crippen molar-refractivity contribution < 1.29 is 71.9 Å². The van der Waals surface area contributed by atoms with Crippen LogP contribution in [0.2, 0.25) is 0 Å². The first kappa shape index (κ1) is 74.1. The third-order valence-electron chi connectivity index (χ3n) is 14.3. The van der Waals surface area contributed by atoms with E-state index in [1.165, 1.54) is 125 Å². The number of benzene rings is 4. The van der Waals surface area contributed by atoms with Gasteiger partial charge in [-0.05, 0) is 52.0 Å². The molecule has 0 saturated carbocycles. The lowest BCUT2D eigenvalue weighted by molar-refractivity contribution is -0.219. The molecular weight excluding hydrogens is 1090 g/mol. The van der Waals surface area contributed by atoms with E-state index >= 15 is 0 Å². The summed E-state index contributed by atoms with van der Waals surface area (Å²) in [5.41, 5.74) is -7.68. The second-order valence-corrected chi connectivity index (χ2v) is 18.0. The van der Waals surface area contributed by atoms with Gasteiger partial charge in [-0.15, -0.1) is 0 Å². The number of halogens is 12. The summed E-state index contributed by atoms with van der Waals surface area (Å²) in [6.07, 6.45) is -18.1. The van der Waals surface area contributed by atoms with Crippen LogP contribution in [0.4, 0.5) is 94.6 Å². The van der Waals surface area contributed by atoms with E-state index < -0.39 is 71.0 Å². The molecule has 4 aromatic carbocycles. The number of alkyl halides is 12. The summed E-state index contributed by atoms with van der Waals surface area (Å²) in [6, 6.07) is 21.6. The molecule has 0 bridgehead atoms. The lowest BCUT2D eigenvalue weighted by atomic mass is 9.86. The third-order valence-corrected chi connectivity index (χ3v) is 14.3. The molecular formula is C57H80F12N8O4. The zero-order chi connectivity index (χ0) is 62.9. The molecule has 0 aromatic heterocycles. The number of rotatable bonds is 0. The van der Waals surface area contributed by atoms with Crippen LogP contribution in [0.15, 0.2) is 97.1 Å². The average Bonchev–Trinajstić information content (AvgIpc) is 3.44. The minimum absolute atomic E-state index is 0. The fourth-order valence-corrected chi connectivity index (χ4v) is 8.88. The number of para-hydroxylation sites is 4. The highest BCUT2D eigenvalue weighted by molar-refractivity contribution is 5.98. The van der Waals surface area contributed by atoms with Crippen LogP contribution in [-0.4, -0.2) is 125 Å². The zero-order valence-corrected chi connectivity index (χ0v) is 49.0. The first-order valence-electron chi connectivity index (χ1n) is 25.5. The maximum Gasteiger partial charge on any atom is 0.415 e. The summed E-state index contributed by atoms with van der Waals surface area (Å²) in [4.78, 5) is 55.4. The number of anilines is 4. The Bertz CT molecular complexity index is 2370. The van der Waals surface area contributed by atoms with Gasteiger partial charge in [0.15, 0.2) is 22.2 Å². The second kappa shape index (κ2) is 27.7. The Morgan fingerprint density at radius 2 is 0.407 bits per heavy atom. The largest absolute Gasteiger partial charge is 0.415 e. The number of amides is 8. The maximum atomic E-state index is 13.3. The highest BCUT2D eigenvalue weighted by atomic mass is 19.4. The fourth-order valence-electron chi connectivity index (χ4n) is 8.88. The molecule has 81 heavy (non-hydrogen) atoms. The molecule has 0 saturated heterocycles. The van der Waals surface area contributed by atoms with E-state index in [0.29, 0.717) is 22.7 Å². The molecule has 0 spiro atoms. The van der Waals surface area contributed by atoms with E-state index in [-0.39, 0.29) is 29.7 Å². The van der Waals surface area contributed by atoms with Crippen LogP contribution in [0.5, 0.6) is 0 Å². The Hall–Kier alpha value is -6.88. The Morgan fingerprint density at radius 1 is 0.284 bits per heavy atom. The van der Waals surface area contributed by atoms with Crippen molar-refractivity contribution in [3.05, 3.63) is 119 Å². The molecule has 24 heteroatoms. The van der Waals surface area contributed by atoms with E-state index in [1.54, 1.807) is 48.5 Å². The van der Waals surface area contributed by atoms with Gasteiger partial charge in [0, 0.05) is 78.6 Å². The monoisotopic (exact) mass is 1170 g/mol. The van der Waals surface area contributed by atoms with E-state index in [9.17, 15) is 71.9 Å². The molecule has 8 rings (SSSR count). The number of carbonyl (C=O) groups is 4. The number of urea groups is 4. The molecule has 4 atom stereocenters. The molecule has 0 fully saturated rings. The minimum Gasteiger partial charge on any atom is -0.309 e. The van der Waals surface area contributed by atoms with Gasteiger partial charge in [0.05, 0.1) is 22.7 Å². The minimum atomic E-state index is -4.53. The lowest BCUT2D eigenvalue weighted by Gasteiger charge is -2.47. The summed E-state index contributed by atoms with van der Waals surface area (Å²) in [5, 5.41) is 0. The van der Waals surface area contributed by atoms with Crippen molar-refractivity contribution in [1.29, 1.82) is 0 Å². The van der Waals surface area contributed by atoms with Crippen LogP contribution < -0.4 is 19.6 Å². The molecule has 4 aliphatic rings. The molecule has 0 radical (unpaired) electrons. The normalized spacial score (nSPS) is 21.8. The predicted octanol–water partition coefficient (Wildman–Crippen LogP) is 16.6. The Kier molecular flexibility index (Phi) is 25.4. The Balaban J connectivity index is 0.00000101. The SMILES string of the molecule is C.CC.CC.CC.CC.CN1C(=O)N(C)[C@](C)(C(F)(F)F)c2ccccc21.CN1C(=O)N(C)[C@](C)(C(F)(F)F)c2ccccc21.CN1C(=O)N(C)[C@](C)(C(F)(F)F)c2ccccc21.CN1C(=O)N(C)[C@](C)(C(F)(F)F)c2ccccc21. The van der Waals surface area contributed by atoms with Crippen molar-refractivity contribution in [1.82, 2.24) is 19.6 Å². The number of hydrogen-bond acceptors (Lipinski definition) is 4. The Labute approximate surface area is 469 Å². The molecule has 456 valence electrons. The summed E-state index contributed by atoms with van der Waals surface area (Å²) < 4.78 is 160. The molecule has 8 amide bonds. The number of hydrogen-bond donors (Lipinski definition) is 0. The third kappa shape index (κ3) is 12.9. The highest BCUT2D eigenvalue weighted by Crippen LogP contribution is 2.53. The Morgan fingerprint density at radius 3 is 0.531 bits per heavy atom. The van der Waals surface area contributed by atoms with Crippen LogP contribution in [0.3, 0.4) is 0 Å².